The number of nitrogens with two attached hydrogens (primary N) is 2. The largest absolute Gasteiger partial charge is 0.480 e. The molecule has 0 aromatic rings. The number of aliphatic hydroxyl groups excluding tert-OH is 2. The molecule has 10 N–H and O–H groups in total. The van der Waals surface area contributed by atoms with E-state index in [-0.39, 0.29) is 18.6 Å². The first-order valence-corrected chi connectivity index (χ1v) is 8.70. The van der Waals surface area contributed by atoms with Crippen molar-refractivity contribution in [2.24, 2.45) is 11.5 Å². The Morgan fingerprint density at radius 2 is 1.36 bits per heavy atom. The van der Waals surface area contributed by atoms with Crippen LogP contribution >= 0.6 is 12.6 Å². The van der Waals surface area contributed by atoms with Gasteiger partial charge in [0, 0.05) is 12.2 Å². The third kappa shape index (κ3) is 8.98. The van der Waals surface area contributed by atoms with Crippen LogP contribution in [0.1, 0.15) is 12.8 Å². The molecule has 14 heteroatoms. The quantitative estimate of drug-likeness (QED) is 0.129. The van der Waals surface area contributed by atoms with E-state index in [1.807, 2.05) is 0 Å². The molecule has 13 nitrogen and oxygen atoms in total. The second-order valence-corrected chi connectivity index (χ2v) is 6.05. The van der Waals surface area contributed by atoms with Crippen LogP contribution in [0.15, 0.2) is 0 Å². The number of amides is 4. The van der Waals surface area contributed by atoms with Crippen LogP contribution in [0.4, 0.5) is 0 Å². The number of carboxylic acids is 1. The lowest BCUT2D eigenvalue weighted by atomic mass is 10.1. The molecule has 0 aromatic heterocycles. The normalized spacial score (nSPS) is 14.9. The van der Waals surface area contributed by atoms with Gasteiger partial charge in [0.05, 0.1) is 13.2 Å². The maximum atomic E-state index is 12.2. The first-order chi connectivity index (χ1) is 13.1. The molecule has 0 aliphatic carbocycles. The Morgan fingerprint density at radius 1 is 0.857 bits per heavy atom. The van der Waals surface area contributed by atoms with Crippen molar-refractivity contribution in [2.75, 3.05) is 19.0 Å². The molecule has 4 amide bonds. The van der Waals surface area contributed by atoms with E-state index in [1.165, 1.54) is 0 Å². The van der Waals surface area contributed by atoms with Gasteiger partial charge in [-0.3, -0.25) is 19.2 Å². The summed E-state index contributed by atoms with van der Waals surface area (Å²) in [6, 6.07) is -5.50. The average molecular weight is 423 g/mol. The first-order valence-electron chi connectivity index (χ1n) is 8.07. The van der Waals surface area contributed by atoms with Crippen molar-refractivity contribution in [3.8, 4) is 0 Å². The van der Waals surface area contributed by atoms with Gasteiger partial charge in [0.25, 0.3) is 0 Å². The number of nitrogens with one attached hydrogen (secondary N) is 3. The minimum atomic E-state index is -1.53. The van der Waals surface area contributed by atoms with Crippen LogP contribution in [0.25, 0.3) is 0 Å². The smallest absolute Gasteiger partial charge is 0.326 e. The number of hydrogen-bond acceptors (Lipinski definition) is 9. The number of hydrogen-bond donors (Lipinski definition) is 9. The number of carbonyl (C=O) groups excluding carboxylic acids is 4. The van der Waals surface area contributed by atoms with E-state index >= 15 is 0 Å². The number of aliphatic carboxylic acids is 1. The molecular weight excluding hydrogens is 398 g/mol. The first kappa shape index (κ1) is 25.6. The second-order valence-electron chi connectivity index (χ2n) is 5.68. The van der Waals surface area contributed by atoms with Crippen molar-refractivity contribution in [3.63, 3.8) is 0 Å². The molecule has 0 aliphatic rings. The molecule has 0 fully saturated rings. The van der Waals surface area contributed by atoms with Gasteiger partial charge in [-0.25, -0.2) is 4.79 Å². The van der Waals surface area contributed by atoms with Gasteiger partial charge in [-0.2, -0.15) is 12.6 Å². The molecule has 4 atom stereocenters. The molecule has 0 saturated heterocycles. The summed E-state index contributed by atoms with van der Waals surface area (Å²) in [5.41, 5.74) is 10.3. The highest BCUT2D eigenvalue weighted by Crippen LogP contribution is 1.99. The maximum absolute atomic E-state index is 12.2. The number of thiol groups is 1. The summed E-state index contributed by atoms with van der Waals surface area (Å²) in [6.07, 6.45) is -0.580. The minimum absolute atomic E-state index is 0.189. The molecule has 4 unspecified atom stereocenters. The molecule has 160 valence electrons. The fourth-order valence-electron chi connectivity index (χ4n) is 1.84. The zero-order valence-corrected chi connectivity index (χ0v) is 15.7. The summed E-state index contributed by atoms with van der Waals surface area (Å²) >= 11 is 3.90. The Labute approximate surface area is 165 Å². The van der Waals surface area contributed by atoms with Crippen molar-refractivity contribution in [1.82, 2.24) is 16.0 Å². The van der Waals surface area contributed by atoms with E-state index in [0.717, 1.165) is 0 Å². The molecule has 0 heterocycles. The lowest BCUT2D eigenvalue weighted by Gasteiger charge is -2.23. The molecule has 0 aromatic carbocycles. The Bertz CT molecular complexity index is 590. The van der Waals surface area contributed by atoms with Crippen LogP contribution < -0.4 is 27.4 Å². The van der Waals surface area contributed by atoms with Crippen LogP contribution in [0, 0.1) is 0 Å². The predicted octanol–water partition coefficient (Wildman–Crippen LogP) is -4.97. The average Bonchev–Trinajstić information content (AvgIpc) is 2.65. The van der Waals surface area contributed by atoms with Gasteiger partial charge in [-0.05, 0) is 6.42 Å². The summed E-state index contributed by atoms with van der Waals surface area (Å²) in [4.78, 5) is 57.9. The minimum Gasteiger partial charge on any atom is -0.480 e. The van der Waals surface area contributed by atoms with Crippen LogP contribution in [0.5, 0.6) is 0 Å². The van der Waals surface area contributed by atoms with Gasteiger partial charge >= 0.3 is 5.97 Å². The Hall–Kier alpha value is -2.42. The highest BCUT2D eigenvalue weighted by Gasteiger charge is 2.29. The Balaban J connectivity index is 4.96. The van der Waals surface area contributed by atoms with Gasteiger partial charge in [-0.1, -0.05) is 0 Å². The monoisotopic (exact) mass is 423 g/mol. The third-order valence-corrected chi connectivity index (χ3v) is 3.82. The fourth-order valence-corrected chi connectivity index (χ4v) is 2.10. The molecule has 0 rings (SSSR count). The van der Waals surface area contributed by atoms with Crippen molar-refractivity contribution in [3.05, 3.63) is 0 Å². The van der Waals surface area contributed by atoms with E-state index < -0.39 is 67.0 Å². The van der Waals surface area contributed by atoms with E-state index in [2.05, 4.69) is 28.6 Å². The highest BCUT2D eigenvalue weighted by molar-refractivity contribution is 7.80. The molecular formula is C14H25N5O8S. The van der Waals surface area contributed by atoms with Crippen molar-refractivity contribution < 1.29 is 39.3 Å². The predicted molar refractivity (Wildman–Crippen MR) is 97.9 cm³/mol. The van der Waals surface area contributed by atoms with Crippen molar-refractivity contribution >= 4 is 42.2 Å². The second kappa shape index (κ2) is 12.9. The van der Waals surface area contributed by atoms with Gasteiger partial charge in [0.2, 0.25) is 23.6 Å². The number of rotatable bonds is 13. The van der Waals surface area contributed by atoms with Gasteiger partial charge in [0.1, 0.15) is 24.2 Å². The summed E-state index contributed by atoms with van der Waals surface area (Å²) in [7, 11) is 0. The van der Waals surface area contributed by atoms with Gasteiger partial charge in [-0.15, -0.1) is 0 Å². The van der Waals surface area contributed by atoms with Crippen LogP contribution in [0.2, 0.25) is 0 Å². The zero-order valence-electron chi connectivity index (χ0n) is 14.8. The number of primary amides is 1. The van der Waals surface area contributed by atoms with E-state index in [9.17, 15) is 29.1 Å². The standard InChI is InChI=1S/C14H25N5O8S/c15-6(3-20)11(23)19-9(5-28)13(25)18-8(4-21)12(24)17-7(14(26)27)1-2-10(16)22/h6-9,20-21,28H,1-5,15H2,(H2,16,22)(H,17,24)(H,18,25)(H,19,23)(H,26,27). The SMILES string of the molecule is NC(=O)CCC(NC(=O)C(CO)NC(=O)C(CS)NC(=O)C(N)CO)C(=O)O. The summed E-state index contributed by atoms with van der Waals surface area (Å²) in [5, 5.41) is 33.6. The Morgan fingerprint density at radius 3 is 1.79 bits per heavy atom. The fraction of sp³-hybridized carbons (Fsp3) is 0.643. The summed E-state index contributed by atoms with van der Waals surface area (Å²) in [5.74, 6) is -5.14. The number of carbonyl (C=O) groups is 5. The maximum Gasteiger partial charge on any atom is 0.326 e. The molecule has 0 aliphatic heterocycles. The van der Waals surface area contributed by atoms with Gasteiger partial charge in [0.15, 0.2) is 0 Å². The lowest BCUT2D eigenvalue weighted by Crippen LogP contribution is -2.58. The summed E-state index contributed by atoms with van der Waals surface area (Å²) in [6.45, 7) is -1.53. The Kier molecular flexibility index (Phi) is 11.8. The third-order valence-electron chi connectivity index (χ3n) is 3.46. The van der Waals surface area contributed by atoms with Crippen LogP contribution in [-0.4, -0.2) is 88.1 Å². The topological polar surface area (TPSA) is 234 Å². The van der Waals surface area contributed by atoms with Crippen molar-refractivity contribution in [2.45, 2.75) is 37.0 Å². The highest BCUT2D eigenvalue weighted by atomic mass is 32.1. The molecule has 28 heavy (non-hydrogen) atoms. The summed E-state index contributed by atoms with van der Waals surface area (Å²) < 4.78 is 0. The zero-order chi connectivity index (χ0) is 21.9. The van der Waals surface area contributed by atoms with E-state index in [4.69, 9.17) is 21.7 Å². The van der Waals surface area contributed by atoms with Crippen LogP contribution in [0.3, 0.4) is 0 Å². The number of aliphatic hydroxyl groups is 2. The molecule has 0 saturated carbocycles. The molecule has 0 bridgehead atoms. The number of carboxylic acid groups (broad SMARTS) is 1. The van der Waals surface area contributed by atoms with E-state index in [1.54, 1.807) is 0 Å². The van der Waals surface area contributed by atoms with Crippen LogP contribution in [-0.2, 0) is 24.0 Å². The molecule has 0 spiro atoms. The molecule has 0 radical (unpaired) electrons. The van der Waals surface area contributed by atoms with Gasteiger partial charge < -0.3 is 42.7 Å². The lowest BCUT2D eigenvalue weighted by molar-refractivity contribution is -0.143. The van der Waals surface area contributed by atoms with Crippen molar-refractivity contribution in [1.29, 1.82) is 0 Å². The van der Waals surface area contributed by atoms with E-state index in [0.29, 0.717) is 0 Å².